The molecule has 0 amide bonds. The largest absolute Gasteiger partial charge is 0.333 e. The lowest BCUT2D eigenvalue weighted by atomic mass is 10.3. The van der Waals surface area contributed by atoms with Gasteiger partial charge in [-0.15, -0.1) is 11.6 Å². The third kappa shape index (κ3) is 2.79. The Balaban J connectivity index is 2.14. The van der Waals surface area contributed by atoms with E-state index >= 15 is 0 Å². The van der Waals surface area contributed by atoms with E-state index in [4.69, 9.17) is 11.6 Å². The smallest absolute Gasteiger partial charge is 0.0953 e. The molecule has 2 heterocycles. The molecule has 0 bridgehead atoms. The Morgan fingerprint density at radius 2 is 2.27 bits per heavy atom. The van der Waals surface area contributed by atoms with Gasteiger partial charge in [-0.3, -0.25) is 4.98 Å². The van der Waals surface area contributed by atoms with Gasteiger partial charge in [0.15, 0.2) is 0 Å². The molecule has 0 fully saturated rings. The second-order valence-corrected chi connectivity index (χ2v) is 4.37. The number of aromatic nitrogens is 3. The molecule has 15 heavy (non-hydrogen) atoms. The third-order valence-corrected chi connectivity index (χ3v) is 2.66. The minimum atomic E-state index is 0.448. The third-order valence-electron chi connectivity index (χ3n) is 1.95. The van der Waals surface area contributed by atoms with Crippen LogP contribution in [0.2, 0.25) is 0 Å². The molecule has 0 aliphatic heterocycles. The highest BCUT2D eigenvalue weighted by molar-refractivity contribution is 9.10. The zero-order chi connectivity index (χ0) is 10.7. The lowest BCUT2D eigenvalue weighted by Crippen LogP contribution is -1.96. The monoisotopic (exact) mass is 285 g/mol. The maximum atomic E-state index is 5.67. The van der Waals surface area contributed by atoms with E-state index in [-0.39, 0.29) is 0 Å². The molecule has 2 aromatic rings. The molecule has 2 rings (SSSR count). The van der Waals surface area contributed by atoms with Crippen molar-refractivity contribution in [2.75, 3.05) is 0 Å². The standard InChI is InChI=1S/C10H9BrClN3/c11-9-1-8(3-13-4-9)5-15-6-10(2-12)14-7-15/h1,3-4,6-7H,2,5H2. The summed E-state index contributed by atoms with van der Waals surface area (Å²) in [6.45, 7) is 0.760. The summed E-state index contributed by atoms with van der Waals surface area (Å²) in [6.07, 6.45) is 7.32. The van der Waals surface area contributed by atoms with Crippen LogP contribution < -0.4 is 0 Å². The Bertz CT molecular complexity index is 455. The van der Waals surface area contributed by atoms with Crippen LogP contribution in [0.3, 0.4) is 0 Å². The highest BCUT2D eigenvalue weighted by Gasteiger charge is 1.99. The molecule has 0 aromatic carbocycles. The summed E-state index contributed by atoms with van der Waals surface area (Å²) in [6, 6.07) is 2.04. The van der Waals surface area contributed by atoms with Crippen molar-refractivity contribution in [2.24, 2.45) is 0 Å². The molecule has 0 aliphatic rings. The van der Waals surface area contributed by atoms with Crippen molar-refractivity contribution >= 4 is 27.5 Å². The summed E-state index contributed by atoms with van der Waals surface area (Å²) in [7, 11) is 0. The highest BCUT2D eigenvalue weighted by Crippen LogP contribution is 2.11. The van der Waals surface area contributed by atoms with Crippen LogP contribution in [0.5, 0.6) is 0 Å². The van der Waals surface area contributed by atoms with Crippen molar-refractivity contribution in [2.45, 2.75) is 12.4 Å². The number of imidazole rings is 1. The van der Waals surface area contributed by atoms with E-state index in [1.54, 1.807) is 12.5 Å². The summed E-state index contributed by atoms with van der Waals surface area (Å²) in [4.78, 5) is 8.25. The fraction of sp³-hybridized carbons (Fsp3) is 0.200. The first kappa shape index (κ1) is 10.6. The van der Waals surface area contributed by atoms with Gasteiger partial charge in [0, 0.05) is 23.1 Å². The maximum Gasteiger partial charge on any atom is 0.0953 e. The van der Waals surface area contributed by atoms with Crippen LogP contribution in [0.1, 0.15) is 11.3 Å². The Morgan fingerprint density at radius 1 is 1.40 bits per heavy atom. The van der Waals surface area contributed by atoms with E-state index in [9.17, 15) is 0 Å². The number of pyridine rings is 1. The number of hydrogen-bond acceptors (Lipinski definition) is 2. The molecule has 0 saturated carbocycles. The zero-order valence-corrected chi connectivity index (χ0v) is 10.2. The average Bonchev–Trinajstić information content (AvgIpc) is 2.65. The lowest BCUT2D eigenvalue weighted by molar-refractivity contribution is 0.792. The minimum Gasteiger partial charge on any atom is -0.333 e. The van der Waals surface area contributed by atoms with Crippen molar-refractivity contribution in [1.29, 1.82) is 0 Å². The number of hydrogen-bond donors (Lipinski definition) is 0. The van der Waals surface area contributed by atoms with Crippen LogP contribution in [-0.2, 0) is 12.4 Å². The van der Waals surface area contributed by atoms with Gasteiger partial charge in [-0.25, -0.2) is 4.98 Å². The van der Waals surface area contributed by atoms with Gasteiger partial charge in [0.2, 0.25) is 0 Å². The number of alkyl halides is 1. The topological polar surface area (TPSA) is 30.7 Å². The Hall–Kier alpha value is -0.870. The first-order valence-corrected chi connectivity index (χ1v) is 5.77. The van der Waals surface area contributed by atoms with E-state index in [1.165, 1.54) is 0 Å². The van der Waals surface area contributed by atoms with Crippen molar-refractivity contribution in [3.05, 3.63) is 46.7 Å². The van der Waals surface area contributed by atoms with Crippen molar-refractivity contribution < 1.29 is 0 Å². The predicted molar refractivity (Wildman–Crippen MR) is 62.8 cm³/mol. The number of rotatable bonds is 3. The van der Waals surface area contributed by atoms with Crippen LogP contribution in [0.25, 0.3) is 0 Å². The number of nitrogens with zero attached hydrogens (tertiary/aromatic N) is 3. The van der Waals surface area contributed by atoms with Gasteiger partial charge in [-0.05, 0) is 27.6 Å². The lowest BCUT2D eigenvalue weighted by Gasteiger charge is -2.01. The fourth-order valence-electron chi connectivity index (χ4n) is 1.32. The second-order valence-electron chi connectivity index (χ2n) is 3.18. The summed E-state index contributed by atoms with van der Waals surface area (Å²) in [5, 5.41) is 0. The van der Waals surface area contributed by atoms with Crippen LogP contribution >= 0.6 is 27.5 Å². The molecule has 2 aromatic heterocycles. The summed E-state index contributed by atoms with van der Waals surface area (Å²) < 4.78 is 2.97. The van der Waals surface area contributed by atoms with Crippen molar-refractivity contribution in [3.63, 3.8) is 0 Å². The molecule has 5 heteroatoms. The normalized spacial score (nSPS) is 10.5. The molecule has 0 unspecified atom stereocenters. The molecule has 78 valence electrons. The van der Waals surface area contributed by atoms with E-state index in [2.05, 4.69) is 25.9 Å². The first-order valence-electron chi connectivity index (χ1n) is 4.44. The maximum absolute atomic E-state index is 5.67. The Morgan fingerprint density at radius 3 is 2.93 bits per heavy atom. The van der Waals surface area contributed by atoms with Crippen LogP contribution in [0.4, 0.5) is 0 Å². The minimum absolute atomic E-state index is 0.448. The van der Waals surface area contributed by atoms with Gasteiger partial charge in [-0.2, -0.15) is 0 Å². The van der Waals surface area contributed by atoms with Crippen molar-refractivity contribution in [3.8, 4) is 0 Å². The van der Waals surface area contributed by atoms with Gasteiger partial charge in [0.25, 0.3) is 0 Å². The Labute approximate surface area is 101 Å². The molecule has 0 radical (unpaired) electrons. The summed E-state index contributed by atoms with van der Waals surface area (Å²) in [5.41, 5.74) is 2.02. The molecule has 0 N–H and O–H groups in total. The quantitative estimate of drug-likeness (QED) is 0.812. The van der Waals surface area contributed by atoms with E-state index in [0.29, 0.717) is 5.88 Å². The highest BCUT2D eigenvalue weighted by atomic mass is 79.9. The molecular weight excluding hydrogens is 277 g/mol. The van der Waals surface area contributed by atoms with Crippen molar-refractivity contribution in [1.82, 2.24) is 14.5 Å². The van der Waals surface area contributed by atoms with Gasteiger partial charge < -0.3 is 4.57 Å². The van der Waals surface area contributed by atoms with Gasteiger partial charge in [0.1, 0.15) is 0 Å². The first-order chi connectivity index (χ1) is 7.28. The molecule has 0 aliphatic carbocycles. The predicted octanol–water partition coefficient (Wildman–Crippen LogP) is 2.83. The van der Waals surface area contributed by atoms with Crippen LogP contribution in [0, 0.1) is 0 Å². The van der Waals surface area contributed by atoms with Gasteiger partial charge in [0.05, 0.1) is 24.4 Å². The SMILES string of the molecule is ClCc1cn(Cc2cncc(Br)c2)cn1. The Kier molecular flexibility index (Phi) is 3.38. The van der Waals surface area contributed by atoms with Gasteiger partial charge >= 0.3 is 0 Å². The molecule has 0 spiro atoms. The van der Waals surface area contributed by atoms with E-state index in [0.717, 1.165) is 22.3 Å². The second kappa shape index (κ2) is 4.77. The number of halogens is 2. The van der Waals surface area contributed by atoms with Crippen LogP contribution in [0.15, 0.2) is 35.5 Å². The molecule has 0 atom stereocenters. The fourth-order valence-corrected chi connectivity index (χ4v) is 1.87. The zero-order valence-electron chi connectivity index (χ0n) is 7.90. The van der Waals surface area contributed by atoms with Crippen LogP contribution in [-0.4, -0.2) is 14.5 Å². The summed E-state index contributed by atoms with van der Waals surface area (Å²) in [5.74, 6) is 0.448. The molecule has 0 saturated heterocycles. The van der Waals surface area contributed by atoms with E-state index < -0.39 is 0 Å². The summed E-state index contributed by atoms with van der Waals surface area (Å²) >= 11 is 9.06. The average molecular weight is 287 g/mol. The van der Waals surface area contributed by atoms with Gasteiger partial charge in [-0.1, -0.05) is 0 Å². The molecular formula is C10H9BrClN3. The van der Waals surface area contributed by atoms with E-state index in [1.807, 2.05) is 23.0 Å². The molecule has 3 nitrogen and oxygen atoms in total.